The largest absolute Gasteiger partial charge is 0.497 e. The highest BCUT2D eigenvalue weighted by molar-refractivity contribution is 7.84. The van der Waals surface area contributed by atoms with Gasteiger partial charge in [0.05, 0.1) is 42.2 Å². The lowest BCUT2D eigenvalue weighted by molar-refractivity contribution is 0.393. The van der Waals surface area contributed by atoms with Crippen LogP contribution in [0.25, 0.3) is 0 Å². The Balaban J connectivity index is 2.39. The summed E-state index contributed by atoms with van der Waals surface area (Å²) in [4.78, 5) is 9.17. The molecule has 0 saturated carbocycles. The highest BCUT2D eigenvalue weighted by Crippen LogP contribution is 2.26. The van der Waals surface area contributed by atoms with Crippen LogP contribution in [-0.2, 0) is 16.6 Å². The maximum Gasteiger partial charge on any atom is 0.149 e. The van der Waals surface area contributed by atoms with E-state index in [1.54, 1.807) is 26.5 Å². The fourth-order valence-corrected chi connectivity index (χ4v) is 3.74. The predicted molar refractivity (Wildman–Crippen MR) is 99.9 cm³/mol. The Morgan fingerprint density at radius 3 is 2.08 bits per heavy atom. The summed E-state index contributed by atoms with van der Waals surface area (Å²) in [7, 11) is 1.90. The summed E-state index contributed by atoms with van der Waals surface area (Å²) in [6.07, 6.45) is 1.79. The molecule has 1 heterocycles. The lowest BCUT2D eigenvalue weighted by atomic mass is 10.1. The van der Waals surface area contributed by atoms with Crippen molar-refractivity contribution in [3.63, 3.8) is 0 Å². The molecular weight excluding hydrogens is 336 g/mol. The Kier molecular flexibility index (Phi) is 6.53. The first-order chi connectivity index (χ1) is 11.8. The van der Waals surface area contributed by atoms with Crippen LogP contribution in [0, 0.1) is 0 Å². The van der Waals surface area contributed by atoms with Crippen molar-refractivity contribution in [2.45, 2.75) is 50.3 Å². The Labute approximate surface area is 152 Å². The monoisotopic (exact) mass is 362 g/mol. The van der Waals surface area contributed by atoms with E-state index in [9.17, 15) is 4.21 Å². The maximum atomic E-state index is 13.0. The summed E-state index contributed by atoms with van der Waals surface area (Å²) < 4.78 is 23.6. The standard InChI is InChI=1S/C19H26N2O3S/c1-12(2)17-10-20-18(13(3)4)19(21-17)25(22)11-14-7-15(23-5)9-16(8-14)24-6/h7-10,12-13H,11H2,1-6H3. The van der Waals surface area contributed by atoms with Crippen molar-refractivity contribution in [1.29, 1.82) is 0 Å². The van der Waals surface area contributed by atoms with Crippen molar-refractivity contribution in [2.24, 2.45) is 0 Å². The van der Waals surface area contributed by atoms with Crippen LogP contribution in [0.3, 0.4) is 0 Å². The quantitative estimate of drug-likeness (QED) is 0.744. The maximum absolute atomic E-state index is 13.0. The number of aromatic nitrogens is 2. The second kappa shape index (κ2) is 8.43. The van der Waals surface area contributed by atoms with E-state index in [1.165, 1.54) is 0 Å². The first-order valence-corrected chi connectivity index (χ1v) is 9.64. The van der Waals surface area contributed by atoms with Gasteiger partial charge in [0.2, 0.25) is 0 Å². The summed E-state index contributed by atoms with van der Waals surface area (Å²) in [5.41, 5.74) is 2.52. The van der Waals surface area contributed by atoms with Gasteiger partial charge in [0.15, 0.2) is 0 Å². The molecule has 1 aromatic carbocycles. The van der Waals surface area contributed by atoms with Crippen molar-refractivity contribution >= 4 is 10.8 Å². The van der Waals surface area contributed by atoms with Gasteiger partial charge in [-0.1, -0.05) is 27.7 Å². The third-order valence-electron chi connectivity index (χ3n) is 3.85. The minimum atomic E-state index is -1.30. The van der Waals surface area contributed by atoms with Crippen molar-refractivity contribution < 1.29 is 13.7 Å². The Morgan fingerprint density at radius 2 is 1.60 bits per heavy atom. The second-order valence-electron chi connectivity index (χ2n) is 6.51. The van der Waals surface area contributed by atoms with Crippen LogP contribution < -0.4 is 9.47 Å². The van der Waals surface area contributed by atoms with Crippen LogP contribution in [-0.4, -0.2) is 28.4 Å². The number of hydrogen-bond donors (Lipinski definition) is 0. The predicted octanol–water partition coefficient (Wildman–Crippen LogP) is 4.05. The summed E-state index contributed by atoms with van der Waals surface area (Å²) in [6, 6.07) is 5.54. The van der Waals surface area contributed by atoms with E-state index in [1.807, 2.05) is 26.0 Å². The molecule has 0 radical (unpaired) electrons. The van der Waals surface area contributed by atoms with E-state index >= 15 is 0 Å². The van der Waals surface area contributed by atoms with Gasteiger partial charge in [-0.25, -0.2) is 4.98 Å². The number of methoxy groups -OCH3 is 2. The van der Waals surface area contributed by atoms with Gasteiger partial charge in [0.25, 0.3) is 0 Å². The number of hydrogen-bond acceptors (Lipinski definition) is 5. The van der Waals surface area contributed by atoms with Gasteiger partial charge in [-0.3, -0.25) is 9.19 Å². The highest BCUT2D eigenvalue weighted by atomic mass is 32.2. The molecule has 0 aliphatic carbocycles. The third-order valence-corrected chi connectivity index (χ3v) is 5.18. The van der Waals surface area contributed by atoms with Crippen LogP contribution >= 0.6 is 0 Å². The van der Waals surface area contributed by atoms with Gasteiger partial charge in [-0.15, -0.1) is 0 Å². The molecule has 6 heteroatoms. The van der Waals surface area contributed by atoms with E-state index in [4.69, 9.17) is 9.47 Å². The summed E-state index contributed by atoms with van der Waals surface area (Å²) in [5, 5.41) is 0.572. The molecular formula is C19H26N2O3S. The minimum absolute atomic E-state index is 0.160. The molecule has 2 rings (SSSR count). The van der Waals surface area contributed by atoms with Crippen molar-refractivity contribution in [2.75, 3.05) is 14.2 Å². The van der Waals surface area contributed by atoms with Gasteiger partial charge in [0.1, 0.15) is 16.5 Å². The number of ether oxygens (including phenoxy) is 2. The fourth-order valence-electron chi connectivity index (χ4n) is 2.41. The molecule has 0 aliphatic heterocycles. The Morgan fingerprint density at radius 1 is 1.00 bits per heavy atom. The molecule has 0 saturated heterocycles. The molecule has 1 aromatic heterocycles. The van der Waals surface area contributed by atoms with Crippen LogP contribution in [0.1, 0.15) is 56.5 Å². The molecule has 0 spiro atoms. The number of nitrogens with zero attached hydrogens (tertiary/aromatic N) is 2. The molecule has 2 aromatic rings. The van der Waals surface area contributed by atoms with Gasteiger partial charge >= 0.3 is 0 Å². The number of rotatable bonds is 7. The third kappa shape index (κ3) is 4.78. The fraction of sp³-hybridized carbons (Fsp3) is 0.474. The van der Waals surface area contributed by atoms with E-state index < -0.39 is 10.8 Å². The first kappa shape index (κ1) is 19.4. The first-order valence-electron chi connectivity index (χ1n) is 8.32. The number of benzene rings is 1. The van der Waals surface area contributed by atoms with Crippen LogP contribution in [0.15, 0.2) is 29.4 Å². The average molecular weight is 362 g/mol. The zero-order valence-electron chi connectivity index (χ0n) is 15.7. The molecule has 0 fully saturated rings. The van der Waals surface area contributed by atoms with Gasteiger partial charge in [0, 0.05) is 12.3 Å². The van der Waals surface area contributed by atoms with Crippen molar-refractivity contribution in [1.82, 2.24) is 9.97 Å². The van der Waals surface area contributed by atoms with E-state index in [0.717, 1.165) is 17.0 Å². The smallest absolute Gasteiger partial charge is 0.149 e. The highest BCUT2D eigenvalue weighted by Gasteiger charge is 2.19. The zero-order valence-corrected chi connectivity index (χ0v) is 16.5. The van der Waals surface area contributed by atoms with Gasteiger partial charge in [-0.2, -0.15) is 0 Å². The molecule has 0 aliphatic rings. The molecule has 5 nitrogen and oxygen atoms in total. The van der Waals surface area contributed by atoms with Crippen LogP contribution in [0.5, 0.6) is 11.5 Å². The van der Waals surface area contributed by atoms with Crippen LogP contribution in [0.2, 0.25) is 0 Å². The molecule has 0 bridgehead atoms. The van der Waals surface area contributed by atoms with Gasteiger partial charge in [-0.05, 0) is 29.5 Å². The van der Waals surface area contributed by atoms with E-state index in [2.05, 4.69) is 23.8 Å². The Bertz CT molecular complexity index is 738. The molecule has 0 amide bonds. The van der Waals surface area contributed by atoms with Gasteiger partial charge < -0.3 is 9.47 Å². The molecule has 25 heavy (non-hydrogen) atoms. The van der Waals surface area contributed by atoms with Crippen molar-refractivity contribution in [3.8, 4) is 11.5 Å². The normalized spacial score (nSPS) is 12.5. The molecule has 1 atom stereocenters. The van der Waals surface area contributed by atoms with E-state index in [-0.39, 0.29) is 11.8 Å². The lowest BCUT2D eigenvalue weighted by Crippen LogP contribution is -2.10. The SMILES string of the molecule is COc1cc(CS(=O)c2nc(C(C)C)cnc2C(C)C)cc(OC)c1. The van der Waals surface area contributed by atoms with Crippen molar-refractivity contribution in [3.05, 3.63) is 41.3 Å². The zero-order chi connectivity index (χ0) is 18.6. The Hall–Kier alpha value is -1.95. The molecule has 136 valence electrons. The van der Waals surface area contributed by atoms with Crippen LogP contribution in [0.4, 0.5) is 0 Å². The topological polar surface area (TPSA) is 61.3 Å². The molecule has 0 N–H and O–H groups in total. The summed E-state index contributed by atoms with van der Waals surface area (Å²) in [5.74, 6) is 2.09. The summed E-state index contributed by atoms with van der Waals surface area (Å²) >= 11 is 0. The summed E-state index contributed by atoms with van der Waals surface area (Å²) in [6.45, 7) is 8.18. The van der Waals surface area contributed by atoms with E-state index in [0.29, 0.717) is 22.3 Å². The minimum Gasteiger partial charge on any atom is -0.497 e. The molecule has 1 unspecified atom stereocenters. The second-order valence-corrected chi connectivity index (χ2v) is 7.87. The lowest BCUT2D eigenvalue weighted by Gasteiger charge is -2.14. The average Bonchev–Trinajstić information content (AvgIpc) is 2.60.